The third kappa shape index (κ3) is 2.31. The van der Waals surface area contributed by atoms with E-state index in [1.54, 1.807) is 6.20 Å². The molecular formula is C11H19N3O. The summed E-state index contributed by atoms with van der Waals surface area (Å²) in [6.45, 7) is 0.722. The van der Waals surface area contributed by atoms with Crippen molar-refractivity contribution in [2.24, 2.45) is 11.1 Å². The maximum absolute atomic E-state index is 11.0. The van der Waals surface area contributed by atoms with Gasteiger partial charge in [-0.15, -0.1) is 0 Å². The maximum atomic E-state index is 11.0. The van der Waals surface area contributed by atoms with Crippen molar-refractivity contribution >= 4 is 0 Å². The highest BCUT2D eigenvalue weighted by Crippen LogP contribution is 2.37. The molecule has 4 heteroatoms. The third-order valence-electron chi connectivity index (χ3n) is 3.56. The van der Waals surface area contributed by atoms with Gasteiger partial charge in [0.1, 0.15) is 0 Å². The van der Waals surface area contributed by atoms with Crippen LogP contribution in [0, 0.1) is 5.41 Å². The molecule has 4 N–H and O–H groups in total. The molecule has 0 saturated heterocycles. The second kappa shape index (κ2) is 4.23. The first-order chi connectivity index (χ1) is 7.24. The van der Waals surface area contributed by atoms with Crippen LogP contribution in [0.3, 0.4) is 0 Å². The molecule has 1 fully saturated rings. The van der Waals surface area contributed by atoms with Crippen molar-refractivity contribution in [2.45, 2.75) is 38.5 Å². The van der Waals surface area contributed by atoms with Crippen LogP contribution in [0.1, 0.15) is 37.8 Å². The number of aromatic amines is 2. The standard InChI is InChI=1S/C11H19N3O/c12-8-11(4-2-1-3-5-11)6-9-7-13-10(15)14-9/h7H,1-6,8,12H2,(H2,13,14,15). The highest BCUT2D eigenvalue weighted by atomic mass is 16.1. The monoisotopic (exact) mass is 209 g/mol. The van der Waals surface area contributed by atoms with Crippen LogP contribution < -0.4 is 11.4 Å². The molecular weight excluding hydrogens is 190 g/mol. The number of nitrogens with one attached hydrogen (secondary N) is 2. The Hall–Kier alpha value is -1.03. The first-order valence-corrected chi connectivity index (χ1v) is 5.71. The van der Waals surface area contributed by atoms with E-state index in [1.807, 2.05) is 0 Å². The zero-order valence-corrected chi connectivity index (χ0v) is 9.01. The Morgan fingerprint density at radius 1 is 1.33 bits per heavy atom. The van der Waals surface area contributed by atoms with Gasteiger partial charge in [0, 0.05) is 11.9 Å². The van der Waals surface area contributed by atoms with Crippen LogP contribution in [0.5, 0.6) is 0 Å². The summed E-state index contributed by atoms with van der Waals surface area (Å²) in [5, 5.41) is 0. The molecule has 0 bridgehead atoms. The molecule has 0 unspecified atom stereocenters. The molecule has 1 saturated carbocycles. The van der Waals surface area contributed by atoms with E-state index in [4.69, 9.17) is 5.73 Å². The van der Waals surface area contributed by atoms with Gasteiger partial charge in [0.15, 0.2) is 0 Å². The average Bonchev–Trinajstić information content (AvgIpc) is 2.65. The highest BCUT2D eigenvalue weighted by Gasteiger charge is 2.31. The third-order valence-corrected chi connectivity index (χ3v) is 3.56. The Bertz CT molecular complexity index is 360. The predicted octanol–water partition coefficient (Wildman–Crippen LogP) is 1.15. The molecule has 2 rings (SSSR count). The normalized spacial score (nSPS) is 20.3. The fourth-order valence-corrected chi connectivity index (χ4v) is 2.62. The Balaban J connectivity index is 2.09. The van der Waals surface area contributed by atoms with E-state index in [0.717, 1.165) is 18.7 Å². The molecule has 0 radical (unpaired) electrons. The van der Waals surface area contributed by atoms with Gasteiger partial charge in [0.25, 0.3) is 0 Å². The fraction of sp³-hybridized carbons (Fsp3) is 0.727. The van der Waals surface area contributed by atoms with E-state index < -0.39 is 0 Å². The minimum atomic E-state index is -0.118. The van der Waals surface area contributed by atoms with Gasteiger partial charge in [0.2, 0.25) is 0 Å². The Labute approximate surface area is 89.3 Å². The largest absolute Gasteiger partial charge is 0.330 e. The summed E-state index contributed by atoms with van der Waals surface area (Å²) in [5.74, 6) is 0. The Kier molecular flexibility index (Phi) is 2.95. The minimum absolute atomic E-state index is 0.118. The lowest BCUT2D eigenvalue weighted by Crippen LogP contribution is -2.35. The molecule has 1 heterocycles. The first-order valence-electron chi connectivity index (χ1n) is 5.71. The van der Waals surface area contributed by atoms with Crippen LogP contribution in [-0.4, -0.2) is 16.5 Å². The molecule has 0 aromatic carbocycles. The van der Waals surface area contributed by atoms with Gasteiger partial charge < -0.3 is 15.7 Å². The van der Waals surface area contributed by atoms with Crippen LogP contribution in [0.15, 0.2) is 11.0 Å². The minimum Gasteiger partial charge on any atom is -0.330 e. The smallest absolute Gasteiger partial charge is 0.323 e. The van der Waals surface area contributed by atoms with Gasteiger partial charge in [-0.1, -0.05) is 19.3 Å². The van der Waals surface area contributed by atoms with E-state index >= 15 is 0 Å². The SMILES string of the molecule is NCC1(Cc2c[nH]c(=O)[nH]2)CCCCC1. The number of hydrogen-bond acceptors (Lipinski definition) is 2. The zero-order chi connectivity index (χ0) is 10.7. The molecule has 1 aromatic heterocycles. The van der Waals surface area contributed by atoms with Crippen LogP contribution in [0.2, 0.25) is 0 Å². The fourth-order valence-electron chi connectivity index (χ4n) is 2.62. The summed E-state index contributed by atoms with van der Waals surface area (Å²) in [7, 11) is 0. The van der Waals surface area contributed by atoms with E-state index in [0.29, 0.717) is 0 Å². The second-order valence-electron chi connectivity index (χ2n) is 4.71. The van der Waals surface area contributed by atoms with Gasteiger partial charge in [-0.3, -0.25) is 0 Å². The molecule has 84 valence electrons. The molecule has 1 aromatic rings. The summed E-state index contributed by atoms with van der Waals surface area (Å²) in [6, 6.07) is 0. The Morgan fingerprint density at radius 2 is 2.07 bits per heavy atom. The van der Waals surface area contributed by atoms with Gasteiger partial charge in [-0.05, 0) is 31.2 Å². The summed E-state index contributed by atoms with van der Waals surface area (Å²) < 4.78 is 0. The van der Waals surface area contributed by atoms with Crippen molar-refractivity contribution in [3.63, 3.8) is 0 Å². The van der Waals surface area contributed by atoms with Crippen molar-refractivity contribution in [3.8, 4) is 0 Å². The molecule has 4 nitrogen and oxygen atoms in total. The highest BCUT2D eigenvalue weighted by molar-refractivity contribution is 5.01. The van der Waals surface area contributed by atoms with Crippen LogP contribution in [0.25, 0.3) is 0 Å². The summed E-state index contributed by atoms with van der Waals surface area (Å²) in [6.07, 6.45) is 8.92. The summed E-state index contributed by atoms with van der Waals surface area (Å²) in [5.41, 5.74) is 6.99. The van der Waals surface area contributed by atoms with Crippen LogP contribution in [-0.2, 0) is 6.42 Å². The van der Waals surface area contributed by atoms with E-state index in [-0.39, 0.29) is 11.1 Å². The summed E-state index contributed by atoms with van der Waals surface area (Å²) in [4.78, 5) is 16.4. The van der Waals surface area contributed by atoms with E-state index in [9.17, 15) is 4.79 Å². The number of hydrogen-bond donors (Lipinski definition) is 3. The van der Waals surface area contributed by atoms with Crippen molar-refractivity contribution in [1.82, 2.24) is 9.97 Å². The van der Waals surface area contributed by atoms with Crippen molar-refractivity contribution in [3.05, 3.63) is 22.4 Å². The number of H-pyrrole nitrogens is 2. The molecule has 15 heavy (non-hydrogen) atoms. The molecule has 0 aliphatic heterocycles. The topological polar surface area (TPSA) is 74.7 Å². The van der Waals surface area contributed by atoms with Crippen LogP contribution >= 0.6 is 0 Å². The van der Waals surface area contributed by atoms with Gasteiger partial charge in [-0.25, -0.2) is 4.79 Å². The lowest BCUT2D eigenvalue weighted by Gasteiger charge is -2.35. The van der Waals surface area contributed by atoms with Crippen molar-refractivity contribution in [2.75, 3.05) is 6.54 Å². The lowest BCUT2D eigenvalue weighted by atomic mass is 9.71. The molecule has 0 amide bonds. The van der Waals surface area contributed by atoms with Crippen molar-refractivity contribution in [1.29, 1.82) is 0 Å². The van der Waals surface area contributed by atoms with Gasteiger partial charge in [0.05, 0.1) is 0 Å². The quantitative estimate of drug-likeness (QED) is 0.698. The van der Waals surface area contributed by atoms with Gasteiger partial charge >= 0.3 is 5.69 Å². The number of rotatable bonds is 3. The van der Waals surface area contributed by atoms with E-state index in [1.165, 1.54) is 32.1 Å². The average molecular weight is 209 g/mol. The predicted molar refractivity (Wildman–Crippen MR) is 59.7 cm³/mol. The van der Waals surface area contributed by atoms with Crippen LogP contribution in [0.4, 0.5) is 0 Å². The lowest BCUT2D eigenvalue weighted by molar-refractivity contribution is 0.196. The molecule has 1 aliphatic carbocycles. The maximum Gasteiger partial charge on any atom is 0.323 e. The molecule has 0 spiro atoms. The first kappa shape index (κ1) is 10.5. The Morgan fingerprint density at radius 3 is 2.60 bits per heavy atom. The summed E-state index contributed by atoms with van der Waals surface area (Å²) >= 11 is 0. The number of aromatic nitrogens is 2. The second-order valence-corrected chi connectivity index (χ2v) is 4.71. The molecule has 1 aliphatic rings. The zero-order valence-electron chi connectivity index (χ0n) is 9.01. The van der Waals surface area contributed by atoms with E-state index in [2.05, 4.69) is 9.97 Å². The number of imidazole rings is 1. The number of nitrogens with two attached hydrogens (primary N) is 1. The van der Waals surface area contributed by atoms with Gasteiger partial charge in [-0.2, -0.15) is 0 Å². The molecule has 0 atom stereocenters. The van der Waals surface area contributed by atoms with Crippen molar-refractivity contribution < 1.29 is 0 Å².